The van der Waals surface area contributed by atoms with Crippen molar-refractivity contribution >= 4 is 35.0 Å². The maximum Gasteiger partial charge on any atom is 0.261 e. The highest BCUT2D eigenvalue weighted by Gasteiger charge is 2.36. The van der Waals surface area contributed by atoms with Gasteiger partial charge in [0, 0.05) is 16.3 Å². The number of halogens is 1. The molecule has 6 nitrogen and oxygen atoms in total. The van der Waals surface area contributed by atoms with Crippen molar-refractivity contribution in [3.63, 3.8) is 0 Å². The number of anilines is 1. The summed E-state index contributed by atoms with van der Waals surface area (Å²) in [7, 11) is 0. The number of carbonyl (C=O) groups excluding carboxylic acids is 3. The number of rotatable bonds is 6. The Morgan fingerprint density at radius 3 is 2.48 bits per heavy atom. The van der Waals surface area contributed by atoms with Crippen LogP contribution in [0.15, 0.2) is 53.1 Å². The van der Waals surface area contributed by atoms with Crippen molar-refractivity contribution < 1.29 is 18.8 Å². The average Bonchev–Trinajstić information content (AvgIpc) is 3.37. The van der Waals surface area contributed by atoms with Gasteiger partial charge in [0.25, 0.3) is 17.7 Å². The van der Waals surface area contributed by atoms with E-state index in [9.17, 15) is 14.4 Å². The molecule has 4 rings (SSSR count). The van der Waals surface area contributed by atoms with Crippen LogP contribution < -0.4 is 5.32 Å². The van der Waals surface area contributed by atoms with Crippen LogP contribution >= 0.6 is 11.6 Å². The van der Waals surface area contributed by atoms with Crippen molar-refractivity contribution in [3.05, 3.63) is 87.3 Å². The molecule has 2 heterocycles. The number of nitrogens with one attached hydrogen (secondary N) is 1. The Kier molecular flexibility index (Phi) is 5.65. The lowest BCUT2D eigenvalue weighted by atomic mass is 10.0. The predicted molar refractivity (Wildman–Crippen MR) is 118 cm³/mol. The molecule has 0 spiro atoms. The third-order valence-electron chi connectivity index (χ3n) is 5.44. The molecule has 0 unspecified atom stereocenters. The largest absolute Gasteiger partial charge is 0.467 e. The molecule has 0 bridgehead atoms. The molecule has 0 fully saturated rings. The minimum Gasteiger partial charge on any atom is -0.467 e. The van der Waals surface area contributed by atoms with E-state index in [0.29, 0.717) is 28.5 Å². The van der Waals surface area contributed by atoms with Crippen molar-refractivity contribution in [2.24, 2.45) is 0 Å². The molecular formula is C24H21ClN2O4. The van der Waals surface area contributed by atoms with Gasteiger partial charge >= 0.3 is 0 Å². The van der Waals surface area contributed by atoms with Crippen molar-refractivity contribution in [1.82, 2.24) is 4.90 Å². The maximum absolute atomic E-state index is 13.0. The highest BCUT2D eigenvalue weighted by Crippen LogP contribution is 2.31. The summed E-state index contributed by atoms with van der Waals surface area (Å²) in [5.41, 5.74) is 3.33. The Hall–Kier alpha value is -3.38. The monoisotopic (exact) mass is 436 g/mol. The van der Waals surface area contributed by atoms with Crippen LogP contribution in [-0.2, 0) is 19.4 Å². The van der Waals surface area contributed by atoms with Gasteiger partial charge in [-0.25, -0.2) is 0 Å². The first-order valence-electron chi connectivity index (χ1n) is 10.1. The molecule has 0 atom stereocenters. The van der Waals surface area contributed by atoms with E-state index in [1.165, 1.54) is 18.4 Å². The van der Waals surface area contributed by atoms with Crippen LogP contribution in [0.2, 0.25) is 5.02 Å². The van der Waals surface area contributed by atoms with Crippen LogP contribution in [-0.4, -0.2) is 22.6 Å². The summed E-state index contributed by atoms with van der Waals surface area (Å²) in [4.78, 5) is 39.6. The van der Waals surface area contributed by atoms with Crippen LogP contribution in [0.1, 0.15) is 61.8 Å². The number of fused-ring (bicyclic) bond motifs is 1. The highest BCUT2D eigenvalue weighted by molar-refractivity contribution is 6.32. The second-order valence-electron chi connectivity index (χ2n) is 7.26. The first kappa shape index (κ1) is 20.9. The van der Waals surface area contributed by atoms with Crippen molar-refractivity contribution in [3.8, 4) is 0 Å². The van der Waals surface area contributed by atoms with Crippen molar-refractivity contribution in [1.29, 1.82) is 0 Å². The van der Waals surface area contributed by atoms with E-state index in [2.05, 4.69) is 5.32 Å². The number of amides is 3. The summed E-state index contributed by atoms with van der Waals surface area (Å²) in [6.07, 6.45) is 2.89. The zero-order valence-corrected chi connectivity index (χ0v) is 18.0. The standard InChI is InChI=1S/C24H21ClN2O4/c1-3-14-8-10-20(25)17(4-2)21(14)26-22(28)15-7-9-18-19(12-15)24(30)27(23(18)29)13-16-6-5-11-31-16/h5-12H,3-4,13H2,1-2H3,(H,26,28). The van der Waals surface area contributed by atoms with E-state index in [-0.39, 0.29) is 23.6 Å². The minimum atomic E-state index is -0.447. The van der Waals surface area contributed by atoms with E-state index in [4.69, 9.17) is 16.0 Å². The Morgan fingerprint density at radius 1 is 1.03 bits per heavy atom. The lowest BCUT2D eigenvalue weighted by Crippen LogP contribution is -2.28. The van der Waals surface area contributed by atoms with Gasteiger partial charge in [0.15, 0.2) is 0 Å². The third kappa shape index (κ3) is 3.75. The van der Waals surface area contributed by atoms with Gasteiger partial charge in [-0.2, -0.15) is 0 Å². The lowest BCUT2D eigenvalue weighted by molar-refractivity contribution is 0.0631. The molecule has 0 radical (unpaired) electrons. The zero-order valence-electron chi connectivity index (χ0n) is 17.2. The van der Waals surface area contributed by atoms with Gasteiger partial charge in [0.05, 0.1) is 23.9 Å². The molecule has 31 heavy (non-hydrogen) atoms. The van der Waals surface area contributed by atoms with E-state index in [0.717, 1.165) is 22.4 Å². The van der Waals surface area contributed by atoms with Crippen molar-refractivity contribution in [2.45, 2.75) is 33.2 Å². The van der Waals surface area contributed by atoms with Crippen molar-refractivity contribution in [2.75, 3.05) is 5.32 Å². The van der Waals surface area contributed by atoms with Gasteiger partial charge in [0.1, 0.15) is 5.76 Å². The number of imide groups is 1. The van der Waals surface area contributed by atoms with E-state index in [1.807, 2.05) is 26.0 Å². The quantitative estimate of drug-likeness (QED) is 0.545. The van der Waals surface area contributed by atoms with Gasteiger partial charge < -0.3 is 9.73 Å². The second-order valence-corrected chi connectivity index (χ2v) is 7.66. The van der Waals surface area contributed by atoms with Gasteiger partial charge in [-0.05, 0) is 60.4 Å². The lowest BCUT2D eigenvalue weighted by Gasteiger charge is -2.16. The van der Waals surface area contributed by atoms with Crippen LogP contribution in [0.4, 0.5) is 5.69 Å². The Balaban J connectivity index is 1.62. The summed E-state index contributed by atoms with van der Waals surface area (Å²) >= 11 is 6.33. The molecule has 1 aliphatic heterocycles. The number of hydrogen-bond donors (Lipinski definition) is 1. The number of hydrogen-bond acceptors (Lipinski definition) is 4. The Bertz CT molecular complexity index is 1180. The number of carbonyl (C=O) groups is 3. The van der Waals surface area contributed by atoms with E-state index < -0.39 is 11.8 Å². The molecule has 158 valence electrons. The summed E-state index contributed by atoms with van der Waals surface area (Å²) in [6.45, 7) is 4.03. The molecular weight excluding hydrogens is 416 g/mol. The summed E-state index contributed by atoms with van der Waals surface area (Å²) < 4.78 is 5.25. The highest BCUT2D eigenvalue weighted by atomic mass is 35.5. The van der Waals surface area contributed by atoms with Gasteiger partial charge in [-0.1, -0.05) is 31.5 Å². The molecule has 3 amide bonds. The number of aryl methyl sites for hydroxylation is 1. The number of nitrogens with zero attached hydrogens (tertiary/aromatic N) is 1. The first-order valence-corrected chi connectivity index (χ1v) is 10.5. The van der Waals surface area contributed by atoms with Crippen LogP contribution in [0.5, 0.6) is 0 Å². The first-order chi connectivity index (χ1) is 14.9. The van der Waals surface area contributed by atoms with Gasteiger partial charge in [-0.3, -0.25) is 19.3 Å². The molecule has 7 heteroatoms. The molecule has 0 saturated heterocycles. The smallest absolute Gasteiger partial charge is 0.261 e. The summed E-state index contributed by atoms with van der Waals surface area (Å²) in [5.74, 6) is -0.705. The van der Waals surface area contributed by atoms with Crippen LogP contribution in [0.25, 0.3) is 0 Å². The Labute approximate surface area is 184 Å². The second kappa shape index (κ2) is 8.40. The molecule has 0 saturated carbocycles. The fourth-order valence-electron chi connectivity index (χ4n) is 3.79. The SMILES string of the molecule is CCc1ccc(Cl)c(CC)c1NC(=O)c1ccc2c(c1)C(=O)N(Cc1ccco1)C2=O. The minimum absolute atomic E-state index is 0.0448. The molecule has 3 aromatic rings. The number of benzene rings is 2. The summed E-state index contributed by atoms with van der Waals surface area (Å²) in [6, 6.07) is 11.7. The fourth-order valence-corrected chi connectivity index (χ4v) is 4.08. The third-order valence-corrected chi connectivity index (χ3v) is 5.80. The average molecular weight is 437 g/mol. The van der Waals surface area contributed by atoms with Crippen LogP contribution in [0, 0.1) is 0 Å². The van der Waals surface area contributed by atoms with E-state index in [1.54, 1.807) is 18.2 Å². The molecule has 0 aliphatic carbocycles. The molecule has 1 aliphatic rings. The van der Waals surface area contributed by atoms with E-state index >= 15 is 0 Å². The maximum atomic E-state index is 13.0. The Morgan fingerprint density at radius 2 is 1.81 bits per heavy atom. The topological polar surface area (TPSA) is 79.6 Å². The molecule has 2 aromatic carbocycles. The van der Waals surface area contributed by atoms with Gasteiger partial charge in [0.2, 0.25) is 0 Å². The normalized spacial score (nSPS) is 12.9. The predicted octanol–water partition coefficient (Wildman–Crippen LogP) is 5.11. The summed E-state index contributed by atoms with van der Waals surface area (Å²) in [5, 5.41) is 3.55. The molecule has 1 aromatic heterocycles. The number of furan rings is 1. The fraction of sp³-hybridized carbons (Fsp3) is 0.208. The molecule has 1 N–H and O–H groups in total. The van der Waals surface area contributed by atoms with Crippen LogP contribution in [0.3, 0.4) is 0 Å². The van der Waals surface area contributed by atoms with Gasteiger partial charge in [-0.15, -0.1) is 0 Å². The zero-order chi connectivity index (χ0) is 22.1.